The molecule has 0 heterocycles. The molecule has 0 fully saturated rings. The van der Waals surface area contributed by atoms with Gasteiger partial charge in [0.2, 0.25) is 6.29 Å². The van der Waals surface area contributed by atoms with E-state index in [1.165, 1.54) is 20.4 Å². The van der Waals surface area contributed by atoms with Crippen molar-refractivity contribution in [2.24, 2.45) is 5.16 Å². The highest BCUT2D eigenvalue weighted by molar-refractivity contribution is 5.63. The van der Waals surface area contributed by atoms with Gasteiger partial charge in [-0.05, 0) is 6.92 Å². The third-order valence-electron chi connectivity index (χ3n) is 1.41. The Balaban J connectivity index is 4.06. The third kappa shape index (κ3) is 7.01. The van der Waals surface area contributed by atoms with E-state index >= 15 is 0 Å². The van der Waals surface area contributed by atoms with Crippen LogP contribution in [0.25, 0.3) is 0 Å². The van der Waals surface area contributed by atoms with Crippen molar-refractivity contribution < 1.29 is 23.8 Å². The minimum absolute atomic E-state index is 0.268. The van der Waals surface area contributed by atoms with E-state index in [9.17, 15) is 4.79 Å². The normalized spacial score (nSPS) is 15.1. The fraction of sp³-hybridized carbons (Fsp3) is 0.778. The van der Waals surface area contributed by atoms with E-state index in [1.54, 1.807) is 0 Å². The summed E-state index contributed by atoms with van der Waals surface area (Å²) in [6, 6.07) is 0. The van der Waals surface area contributed by atoms with Crippen molar-refractivity contribution in [2.75, 3.05) is 27.4 Å². The molecular formula is C9H17NO5. The molecule has 0 spiro atoms. The van der Waals surface area contributed by atoms with E-state index in [0.717, 1.165) is 0 Å². The van der Waals surface area contributed by atoms with Gasteiger partial charge in [-0.2, -0.15) is 0 Å². The summed E-state index contributed by atoms with van der Waals surface area (Å²) in [5.41, 5.74) is 0. The molecule has 0 rings (SSSR count). The highest BCUT2D eigenvalue weighted by atomic mass is 16.7. The number of hydrogen-bond donors (Lipinski definition) is 0. The SMILES string of the molecule is CCO/N=C\C(COC)O[C@@H](C=O)OC. The molecule has 6 heteroatoms. The van der Waals surface area contributed by atoms with Crippen LogP contribution in [-0.4, -0.2) is 52.3 Å². The molecule has 0 aliphatic rings. The number of methoxy groups -OCH3 is 2. The lowest BCUT2D eigenvalue weighted by Crippen LogP contribution is -2.29. The van der Waals surface area contributed by atoms with E-state index < -0.39 is 12.4 Å². The van der Waals surface area contributed by atoms with E-state index in [1.807, 2.05) is 6.92 Å². The zero-order valence-electron chi connectivity index (χ0n) is 9.21. The van der Waals surface area contributed by atoms with Crippen LogP contribution in [0.2, 0.25) is 0 Å². The molecule has 0 amide bonds. The van der Waals surface area contributed by atoms with Crippen LogP contribution < -0.4 is 0 Å². The lowest BCUT2D eigenvalue weighted by atomic mass is 10.4. The molecule has 0 aromatic carbocycles. The van der Waals surface area contributed by atoms with Crippen LogP contribution in [0.5, 0.6) is 0 Å². The number of oxime groups is 1. The predicted octanol–water partition coefficient (Wildman–Crippen LogP) is 0.212. The molecule has 0 aromatic rings. The van der Waals surface area contributed by atoms with E-state index in [0.29, 0.717) is 12.9 Å². The van der Waals surface area contributed by atoms with E-state index in [2.05, 4.69) is 5.16 Å². The van der Waals surface area contributed by atoms with Crippen LogP contribution in [0.3, 0.4) is 0 Å². The average molecular weight is 219 g/mol. The van der Waals surface area contributed by atoms with Crippen molar-refractivity contribution in [1.29, 1.82) is 0 Å². The Hall–Kier alpha value is -0.980. The second kappa shape index (κ2) is 9.57. The van der Waals surface area contributed by atoms with Gasteiger partial charge in [-0.3, -0.25) is 4.79 Å². The van der Waals surface area contributed by atoms with Crippen LogP contribution in [0.1, 0.15) is 6.92 Å². The highest BCUT2D eigenvalue weighted by Gasteiger charge is 2.13. The summed E-state index contributed by atoms with van der Waals surface area (Å²) in [6.07, 6.45) is 0.578. The van der Waals surface area contributed by atoms with Crippen LogP contribution in [0.4, 0.5) is 0 Å². The zero-order chi connectivity index (χ0) is 11.5. The van der Waals surface area contributed by atoms with E-state index in [4.69, 9.17) is 19.0 Å². The molecule has 6 nitrogen and oxygen atoms in total. The Kier molecular flexibility index (Phi) is 8.95. The van der Waals surface area contributed by atoms with Gasteiger partial charge in [0.15, 0.2) is 6.29 Å². The minimum Gasteiger partial charge on any atom is -0.396 e. The number of carbonyl (C=O) groups excluding carboxylic acids is 1. The van der Waals surface area contributed by atoms with Crippen molar-refractivity contribution in [1.82, 2.24) is 0 Å². The second-order valence-corrected chi connectivity index (χ2v) is 2.54. The smallest absolute Gasteiger partial charge is 0.215 e. The fourth-order valence-corrected chi connectivity index (χ4v) is 0.783. The molecular weight excluding hydrogens is 202 g/mol. The molecule has 0 N–H and O–H groups in total. The van der Waals surface area contributed by atoms with Gasteiger partial charge in [-0.15, -0.1) is 0 Å². The number of carbonyl (C=O) groups is 1. The predicted molar refractivity (Wildman–Crippen MR) is 53.7 cm³/mol. The Bertz CT molecular complexity index is 185. The summed E-state index contributed by atoms with van der Waals surface area (Å²) in [6.45, 7) is 2.55. The Morgan fingerprint density at radius 3 is 2.60 bits per heavy atom. The molecule has 0 aliphatic heterocycles. The van der Waals surface area contributed by atoms with Crippen LogP contribution in [0, 0.1) is 0 Å². The minimum atomic E-state index is -0.918. The number of hydrogen-bond acceptors (Lipinski definition) is 6. The molecule has 15 heavy (non-hydrogen) atoms. The summed E-state index contributed by atoms with van der Waals surface area (Å²) >= 11 is 0. The largest absolute Gasteiger partial charge is 0.396 e. The zero-order valence-corrected chi connectivity index (χ0v) is 9.21. The molecule has 0 saturated carbocycles. The molecule has 0 radical (unpaired) electrons. The molecule has 0 saturated heterocycles. The first kappa shape index (κ1) is 14.0. The topological polar surface area (TPSA) is 66.3 Å². The van der Waals surface area contributed by atoms with Crippen molar-refractivity contribution in [3.63, 3.8) is 0 Å². The third-order valence-corrected chi connectivity index (χ3v) is 1.41. The quantitative estimate of drug-likeness (QED) is 0.240. The Morgan fingerprint density at radius 2 is 2.13 bits per heavy atom. The standard InChI is InChI=1S/C9H17NO5/c1-4-14-10-5-8(7-12-2)15-9(6-11)13-3/h5-6,8-9H,4,7H2,1-3H3/b10-5-/t8?,9-/m0/s1. The number of nitrogens with zero attached hydrogens (tertiary/aromatic N) is 1. The van der Waals surface area contributed by atoms with Gasteiger partial charge in [0.05, 0.1) is 12.8 Å². The van der Waals surface area contributed by atoms with Crippen molar-refractivity contribution in [3.8, 4) is 0 Å². The average Bonchev–Trinajstić information content (AvgIpc) is 2.26. The van der Waals surface area contributed by atoms with E-state index in [-0.39, 0.29) is 6.61 Å². The summed E-state index contributed by atoms with van der Waals surface area (Å²) in [5, 5.41) is 3.63. The van der Waals surface area contributed by atoms with Crippen molar-refractivity contribution >= 4 is 12.5 Å². The number of rotatable bonds is 9. The number of aldehydes is 1. The van der Waals surface area contributed by atoms with Gasteiger partial charge in [0.1, 0.15) is 12.7 Å². The first-order valence-corrected chi connectivity index (χ1v) is 4.56. The van der Waals surface area contributed by atoms with Gasteiger partial charge in [-0.25, -0.2) is 0 Å². The second-order valence-electron chi connectivity index (χ2n) is 2.54. The van der Waals surface area contributed by atoms with Gasteiger partial charge in [-0.1, -0.05) is 5.16 Å². The molecule has 0 aliphatic carbocycles. The fourth-order valence-electron chi connectivity index (χ4n) is 0.783. The molecule has 88 valence electrons. The maximum absolute atomic E-state index is 10.4. The maximum atomic E-state index is 10.4. The Morgan fingerprint density at radius 1 is 1.40 bits per heavy atom. The molecule has 2 atom stereocenters. The first-order chi connectivity index (χ1) is 7.28. The van der Waals surface area contributed by atoms with Gasteiger partial charge >= 0.3 is 0 Å². The monoisotopic (exact) mass is 219 g/mol. The van der Waals surface area contributed by atoms with Crippen LogP contribution in [0.15, 0.2) is 5.16 Å². The van der Waals surface area contributed by atoms with Crippen LogP contribution in [-0.2, 0) is 23.8 Å². The molecule has 1 unspecified atom stereocenters. The maximum Gasteiger partial charge on any atom is 0.215 e. The molecule has 0 bridgehead atoms. The lowest BCUT2D eigenvalue weighted by molar-refractivity contribution is -0.159. The number of ether oxygens (including phenoxy) is 3. The van der Waals surface area contributed by atoms with Crippen molar-refractivity contribution in [3.05, 3.63) is 0 Å². The highest BCUT2D eigenvalue weighted by Crippen LogP contribution is 1.97. The van der Waals surface area contributed by atoms with Crippen LogP contribution >= 0.6 is 0 Å². The first-order valence-electron chi connectivity index (χ1n) is 4.56. The van der Waals surface area contributed by atoms with Gasteiger partial charge in [0, 0.05) is 14.2 Å². The summed E-state index contributed by atoms with van der Waals surface area (Å²) in [4.78, 5) is 15.2. The summed E-state index contributed by atoms with van der Waals surface area (Å²) in [7, 11) is 2.90. The molecule has 0 aromatic heterocycles. The lowest BCUT2D eigenvalue weighted by Gasteiger charge is -2.16. The Labute approximate surface area is 89.1 Å². The van der Waals surface area contributed by atoms with Gasteiger partial charge < -0.3 is 19.0 Å². The van der Waals surface area contributed by atoms with Crippen molar-refractivity contribution in [2.45, 2.75) is 19.3 Å². The van der Waals surface area contributed by atoms with Gasteiger partial charge in [0.25, 0.3) is 0 Å². The summed E-state index contributed by atoms with van der Waals surface area (Å²) < 4.78 is 14.8. The summed E-state index contributed by atoms with van der Waals surface area (Å²) in [5.74, 6) is 0.